The Kier molecular flexibility index (Phi) is 4.14. The number of hydrogen-bond acceptors (Lipinski definition) is 6. The number of para-hydroxylation sites is 2. The van der Waals surface area contributed by atoms with E-state index in [9.17, 15) is 14.4 Å². The summed E-state index contributed by atoms with van der Waals surface area (Å²) < 4.78 is 13.9. The van der Waals surface area contributed by atoms with E-state index in [-0.39, 0.29) is 16.9 Å². The van der Waals surface area contributed by atoms with Gasteiger partial charge in [-0.2, -0.15) is 0 Å². The monoisotopic (exact) mass is 344 g/mol. The summed E-state index contributed by atoms with van der Waals surface area (Å²) in [5.41, 5.74) is -0.762. The van der Waals surface area contributed by atoms with Gasteiger partial charge in [-0.15, -0.1) is 0 Å². The zero-order chi connectivity index (χ0) is 18.1. The predicted octanol–water partition coefficient (Wildman–Crippen LogP) is 0.0479. The van der Waals surface area contributed by atoms with Gasteiger partial charge in [0.2, 0.25) is 0 Å². The standard InChI is InChI=1S/C16H16N4O5/c1-18-9-17-14-13(18)15(22)20(16(23)19(14)2)8-12(21)25-11-7-5-4-6-10(11)24-3/h4-7,9H,8H2,1-3H3. The number of aromatic nitrogens is 4. The maximum Gasteiger partial charge on any atom is 0.333 e. The summed E-state index contributed by atoms with van der Waals surface area (Å²) in [6.07, 6.45) is 1.43. The number of esters is 1. The number of methoxy groups -OCH3 is 1. The summed E-state index contributed by atoms with van der Waals surface area (Å²) in [5, 5.41) is 0. The van der Waals surface area contributed by atoms with E-state index in [0.29, 0.717) is 5.75 Å². The molecule has 0 spiro atoms. The third-order valence-corrected chi connectivity index (χ3v) is 3.78. The maximum absolute atomic E-state index is 12.6. The SMILES string of the molecule is COc1ccccc1OC(=O)Cn1c(=O)c2c(ncn2C)n(C)c1=O. The van der Waals surface area contributed by atoms with Crippen LogP contribution < -0.4 is 20.7 Å². The molecule has 0 amide bonds. The zero-order valence-corrected chi connectivity index (χ0v) is 13.9. The maximum atomic E-state index is 12.6. The molecule has 0 N–H and O–H groups in total. The fourth-order valence-corrected chi connectivity index (χ4v) is 2.52. The lowest BCUT2D eigenvalue weighted by Crippen LogP contribution is -2.42. The molecule has 0 fully saturated rings. The third-order valence-electron chi connectivity index (χ3n) is 3.78. The Bertz CT molecular complexity index is 1080. The number of carbonyl (C=O) groups excluding carboxylic acids is 1. The first-order valence-electron chi connectivity index (χ1n) is 7.38. The van der Waals surface area contributed by atoms with Gasteiger partial charge >= 0.3 is 11.7 Å². The van der Waals surface area contributed by atoms with E-state index >= 15 is 0 Å². The van der Waals surface area contributed by atoms with Gasteiger partial charge in [-0.3, -0.25) is 9.36 Å². The average molecular weight is 344 g/mol. The van der Waals surface area contributed by atoms with Crippen molar-refractivity contribution in [2.24, 2.45) is 14.1 Å². The molecular formula is C16H16N4O5. The van der Waals surface area contributed by atoms with Crippen LogP contribution in [0.2, 0.25) is 0 Å². The number of rotatable bonds is 4. The van der Waals surface area contributed by atoms with Crippen molar-refractivity contribution in [3.05, 3.63) is 51.4 Å². The first-order chi connectivity index (χ1) is 11.9. The summed E-state index contributed by atoms with van der Waals surface area (Å²) in [4.78, 5) is 41.2. The lowest BCUT2D eigenvalue weighted by atomic mass is 10.3. The first kappa shape index (κ1) is 16.5. The Morgan fingerprint density at radius 3 is 2.52 bits per heavy atom. The van der Waals surface area contributed by atoms with Crippen molar-refractivity contribution in [3.63, 3.8) is 0 Å². The molecule has 0 unspecified atom stereocenters. The second-order valence-corrected chi connectivity index (χ2v) is 5.39. The average Bonchev–Trinajstić information content (AvgIpc) is 2.99. The fourth-order valence-electron chi connectivity index (χ4n) is 2.52. The van der Waals surface area contributed by atoms with Crippen molar-refractivity contribution in [2.45, 2.75) is 6.54 Å². The molecule has 0 aliphatic carbocycles. The van der Waals surface area contributed by atoms with E-state index in [1.54, 1.807) is 31.3 Å². The van der Waals surface area contributed by atoms with Crippen LogP contribution in [0.15, 0.2) is 40.2 Å². The Balaban J connectivity index is 1.98. The van der Waals surface area contributed by atoms with Crippen LogP contribution in [0.3, 0.4) is 0 Å². The molecule has 0 aliphatic heterocycles. The highest BCUT2D eigenvalue weighted by molar-refractivity contribution is 5.74. The van der Waals surface area contributed by atoms with Crippen LogP contribution in [0.4, 0.5) is 0 Å². The number of imidazole rings is 1. The minimum absolute atomic E-state index is 0.210. The van der Waals surface area contributed by atoms with Crippen LogP contribution in [-0.4, -0.2) is 31.8 Å². The van der Waals surface area contributed by atoms with Gasteiger partial charge in [-0.25, -0.2) is 19.1 Å². The van der Waals surface area contributed by atoms with Crippen molar-refractivity contribution in [1.29, 1.82) is 0 Å². The predicted molar refractivity (Wildman–Crippen MR) is 88.8 cm³/mol. The fraction of sp³-hybridized carbons (Fsp3) is 0.250. The number of fused-ring (bicyclic) bond motifs is 1. The smallest absolute Gasteiger partial charge is 0.333 e. The molecule has 0 saturated carbocycles. The Morgan fingerprint density at radius 1 is 1.16 bits per heavy atom. The number of carbonyl (C=O) groups is 1. The molecule has 0 saturated heterocycles. The molecule has 0 atom stereocenters. The zero-order valence-electron chi connectivity index (χ0n) is 13.9. The molecule has 9 nitrogen and oxygen atoms in total. The molecule has 2 aromatic heterocycles. The van der Waals surface area contributed by atoms with Gasteiger partial charge in [0.05, 0.1) is 13.4 Å². The largest absolute Gasteiger partial charge is 0.493 e. The lowest BCUT2D eigenvalue weighted by molar-refractivity contribution is -0.135. The van der Waals surface area contributed by atoms with E-state index in [4.69, 9.17) is 9.47 Å². The molecule has 3 rings (SSSR count). The van der Waals surface area contributed by atoms with Gasteiger partial charge in [0.1, 0.15) is 6.54 Å². The highest BCUT2D eigenvalue weighted by atomic mass is 16.6. The van der Waals surface area contributed by atoms with E-state index in [0.717, 1.165) is 4.57 Å². The summed E-state index contributed by atoms with van der Waals surface area (Å²) >= 11 is 0. The number of aryl methyl sites for hydroxylation is 2. The summed E-state index contributed by atoms with van der Waals surface area (Å²) in [7, 11) is 4.57. The van der Waals surface area contributed by atoms with Crippen LogP contribution in [-0.2, 0) is 25.4 Å². The first-order valence-corrected chi connectivity index (χ1v) is 7.38. The van der Waals surface area contributed by atoms with Gasteiger partial charge < -0.3 is 14.0 Å². The molecular weight excluding hydrogens is 328 g/mol. The molecule has 0 radical (unpaired) electrons. The van der Waals surface area contributed by atoms with Crippen LogP contribution in [0.25, 0.3) is 11.2 Å². The molecule has 2 heterocycles. The van der Waals surface area contributed by atoms with Gasteiger partial charge in [0.15, 0.2) is 22.7 Å². The van der Waals surface area contributed by atoms with Crippen molar-refractivity contribution in [3.8, 4) is 11.5 Å². The molecule has 25 heavy (non-hydrogen) atoms. The highest BCUT2D eigenvalue weighted by Crippen LogP contribution is 2.25. The van der Waals surface area contributed by atoms with Crippen LogP contribution in [0, 0.1) is 0 Å². The van der Waals surface area contributed by atoms with Gasteiger partial charge in [0, 0.05) is 14.1 Å². The number of nitrogens with zero attached hydrogens (tertiary/aromatic N) is 4. The van der Waals surface area contributed by atoms with Crippen LogP contribution in [0.5, 0.6) is 11.5 Å². The minimum Gasteiger partial charge on any atom is -0.493 e. The highest BCUT2D eigenvalue weighted by Gasteiger charge is 2.18. The third kappa shape index (κ3) is 2.80. The van der Waals surface area contributed by atoms with Gasteiger partial charge in [0.25, 0.3) is 5.56 Å². The molecule has 9 heteroatoms. The van der Waals surface area contributed by atoms with E-state index < -0.39 is 23.8 Å². The number of benzene rings is 1. The Hall–Kier alpha value is -3.36. The Morgan fingerprint density at radius 2 is 1.84 bits per heavy atom. The van der Waals surface area contributed by atoms with E-state index in [2.05, 4.69) is 4.98 Å². The van der Waals surface area contributed by atoms with Crippen molar-refractivity contribution >= 4 is 17.1 Å². The molecule has 0 aliphatic rings. The second kappa shape index (κ2) is 6.27. The van der Waals surface area contributed by atoms with E-state index in [1.807, 2.05) is 0 Å². The van der Waals surface area contributed by atoms with E-state index in [1.165, 1.54) is 29.6 Å². The van der Waals surface area contributed by atoms with Crippen molar-refractivity contribution < 1.29 is 14.3 Å². The van der Waals surface area contributed by atoms with Crippen molar-refractivity contribution in [2.75, 3.05) is 7.11 Å². The second-order valence-electron chi connectivity index (χ2n) is 5.39. The molecule has 1 aromatic carbocycles. The van der Waals surface area contributed by atoms with Crippen LogP contribution in [0.1, 0.15) is 0 Å². The van der Waals surface area contributed by atoms with Gasteiger partial charge in [-0.1, -0.05) is 12.1 Å². The quantitative estimate of drug-likeness (QED) is 0.490. The molecule has 130 valence electrons. The normalized spacial score (nSPS) is 10.8. The van der Waals surface area contributed by atoms with Crippen molar-refractivity contribution in [1.82, 2.24) is 18.7 Å². The number of hydrogen-bond donors (Lipinski definition) is 0. The molecule has 0 bridgehead atoms. The summed E-state index contributed by atoms with van der Waals surface area (Å²) in [5.74, 6) is -0.176. The summed E-state index contributed by atoms with van der Waals surface area (Å²) in [6.45, 7) is -0.523. The molecule has 3 aromatic rings. The topological polar surface area (TPSA) is 97.3 Å². The minimum atomic E-state index is -0.759. The van der Waals surface area contributed by atoms with Gasteiger partial charge in [-0.05, 0) is 12.1 Å². The van der Waals surface area contributed by atoms with Crippen LogP contribution >= 0.6 is 0 Å². The summed E-state index contributed by atoms with van der Waals surface area (Å²) in [6, 6.07) is 6.60. The Labute approximate surface area is 141 Å². The number of ether oxygens (including phenoxy) is 2. The lowest BCUT2D eigenvalue weighted by Gasteiger charge is -2.10.